The fourth-order valence-electron chi connectivity index (χ4n) is 1.20. The minimum atomic E-state index is -3.29. The zero-order valence-electron chi connectivity index (χ0n) is 9.30. The van der Waals surface area contributed by atoms with Gasteiger partial charge in [-0.3, -0.25) is 4.18 Å². The summed E-state index contributed by atoms with van der Waals surface area (Å²) in [6, 6.07) is 9.96. The summed E-state index contributed by atoms with van der Waals surface area (Å²) in [6.45, 7) is 0.248. The highest BCUT2D eigenvalue weighted by Gasteiger charge is 1.98. The van der Waals surface area contributed by atoms with Gasteiger partial charge in [-0.1, -0.05) is 42.5 Å². The van der Waals surface area contributed by atoms with E-state index in [2.05, 4.69) is 4.18 Å². The molecule has 0 N–H and O–H groups in total. The first kappa shape index (κ1) is 12.9. The van der Waals surface area contributed by atoms with Crippen molar-refractivity contribution in [1.82, 2.24) is 0 Å². The van der Waals surface area contributed by atoms with Crippen LogP contribution in [-0.2, 0) is 14.3 Å². The van der Waals surface area contributed by atoms with Crippen molar-refractivity contribution in [3.8, 4) is 0 Å². The van der Waals surface area contributed by atoms with Crippen LogP contribution in [0.25, 0.3) is 6.08 Å². The maximum atomic E-state index is 10.6. The van der Waals surface area contributed by atoms with Gasteiger partial charge in [-0.25, -0.2) is 0 Å². The molecule has 0 radical (unpaired) electrons. The Kier molecular flexibility index (Phi) is 5.22. The quantitative estimate of drug-likeness (QED) is 0.566. The van der Waals surface area contributed by atoms with Crippen molar-refractivity contribution in [1.29, 1.82) is 0 Å². The summed E-state index contributed by atoms with van der Waals surface area (Å²) in [4.78, 5) is 0. The third kappa shape index (κ3) is 6.37. The fraction of sp³-hybridized carbons (Fsp3) is 0.333. The third-order valence-electron chi connectivity index (χ3n) is 1.92. The van der Waals surface area contributed by atoms with Gasteiger partial charge in [0.25, 0.3) is 10.1 Å². The molecule has 0 aliphatic rings. The molecule has 0 saturated carbocycles. The van der Waals surface area contributed by atoms with Gasteiger partial charge in [0, 0.05) is 0 Å². The summed E-state index contributed by atoms with van der Waals surface area (Å²) in [5.41, 5.74) is 1.14. The van der Waals surface area contributed by atoms with E-state index in [9.17, 15) is 8.42 Å². The highest BCUT2D eigenvalue weighted by molar-refractivity contribution is 7.85. The lowest BCUT2D eigenvalue weighted by Gasteiger charge is -1.98. The summed E-state index contributed by atoms with van der Waals surface area (Å²) in [7, 11) is -3.29. The number of rotatable bonds is 6. The van der Waals surface area contributed by atoms with Crippen molar-refractivity contribution >= 4 is 16.2 Å². The fourth-order valence-corrected chi connectivity index (χ4v) is 1.62. The molecule has 88 valence electrons. The maximum Gasteiger partial charge on any atom is 0.264 e. The van der Waals surface area contributed by atoms with Gasteiger partial charge in [-0.15, -0.1) is 0 Å². The van der Waals surface area contributed by atoms with E-state index in [0.29, 0.717) is 6.42 Å². The first-order valence-electron chi connectivity index (χ1n) is 5.14. The van der Waals surface area contributed by atoms with Gasteiger partial charge in [0.15, 0.2) is 0 Å². The topological polar surface area (TPSA) is 43.4 Å². The summed E-state index contributed by atoms with van der Waals surface area (Å²) in [5.74, 6) is 0. The Bertz CT molecular complexity index is 421. The van der Waals surface area contributed by atoms with Gasteiger partial charge in [0.1, 0.15) is 0 Å². The van der Waals surface area contributed by atoms with Gasteiger partial charge in [-0.05, 0) is 18.4 Å². The molecule has 0 heterocycles. The summed E-state index contributed by atoms with van der Waals surface area (Å²) in [6.07, 6.45) is 6.61. The van der Waals surface area contributed by atoms with Crippen LogP contribution < -0.4 is 0 Å². The SMILES string of the molecule is CS(=O)(=O)OCCCC=Cc1ccccc1. The molecule has 3 nitrogen and oxygen atoms in total. The van der Waals surface area contributed by atoms with Crippen LogP contribution in [0.15, 0.2) is 36.4 Å². The van der Waals surface area contributed by atoms with Crippen LogP contribution in [0.1, 0.15) is 18.4 Å². The van der Waals surface area contributed by atoms with Crippen LogP contribution >= 0.6 is 0 Å². The molecule has 1 aromatic carbocycles. The number of benzene rings is 1. The van der Waals surface area contributed by atoms with Gasteiger partial charge in [0.05, 0.1) is 12.9 Å². The number of allylic oxidation sites excluding steroid dienone is 1. The van der Waals surface area contributed by atoms with Crippen LogP contribution in [0.2, 0.25) is 0 Å². The Morgan fingerprint density at radius 2 is 1.94 bits per heavy atom. The Hall–Kier alpha value is -1.13. The van der Waals surface area contributed by atoms with E-state index in [0.717, 1.165) is 18.2 Å². The predicted molar refractivity (Wildman–Crippen MR) is 65.5 cm³/mol. The first-order valence-corrected chi connectivity index (χ1v) is 6.95. The molecule has 0 atom stereocenters. The average Bonchev–Trinajstić information content (AvgIpc) is 2.23. The van der Waals surface area contributed by atoms with E-state index >= 15 is 0 Å². The lowest BCUT2D eigenvalue weighted by atomic mass is 10.2. The van der Waals surface area contributed by atoms with Crippen molar-refractivity contribution in [2.45, 2.75) is 12.8 Å². The highest BCUT2D eigenvalue weighted by atomic mass is 32.2. The second-order valence-electron chi connectivity index (χ2n) is 3.48. The van der Waals surface area contributed by atoms with Gasteiger partial charge in [0.2, 0.25) is 0 Å². The number of unbranched alkanes of at least 4 members (excludes halogenated alkanes) is 1. The second-order valence-corrected chi connectivity index (χ2v) is 5.13. The van der Waals surface area contributed by atoms with Crippen molar-refractivity contribution in [2.24, 2.45) is 0 Å². The first-order chi connectivity index (χ1) is 7.58. The molecule has 4 heteroatoms. The van der Waals surface area contributed by atoms with Crippen LogP contribution in [0, 0.1) is 0 Å². The molecule has 1 aromatic rings. The Balaban J connectivity index is 2.19. The van der Waals surface area contributed by atoms with Gasteiger partial charge in [-0.2, -0.15) is 8.42 Å². The minimum Gasteiger partial charge on any atom is -0.270 e. The van der Waals surface area contributed by atoms with Gasteiger partial charge >= 0.3 is 0 Å². The zero-order chi connectivity index (χ0) is 11.9. The molecule has 0 aliphatic heterocycles. The second kappa shape index (κ2) is 6.45. The van der Waals surface area contributed by atoms with Crippen LogP contribution in [0.5, 0.6) is 0 Å². The van der Waals surface area contributed by atoms with Crippen LogP contribution in [0.3, 0.4) is 0 Å². The normalized spacial score (nSPS) is 12.1. The summed E-state index contributed by atoms with van der Waals surface area (Å²) >= 11 is 0. The molecule has 0 amide bonds. The van der Waals surface area contributed by atoms with Gasteiger partial charge < -0.3 is 0 Å². The zero-order valence-corrected chi connectivity index (χ0v) is 10.1. The van der Waals surface area contributed by atoms with Crippen molar-refractivity contribution in [3.63, 3.8) is 0 Å². The Labute approximate surface area is 96.9 Å². The smallest absolute Gasteiger partial charge is 0.264 e. The van der Waals surface area contributed by atoms with E-state index in [-0.39, 0.29) is 6.61 Å². The molecule has 0 aromatic heterocycles. The molecule has 16 heavy (non-hydrogen) atoms. The third-order valence-corrected chi connectivity index (χ3v) is 2.52. The highest BCUT2D eigenvalue weighted by Crippen LogP contribution is 2.03. The Morgan fingerprint density at radius 3 is 2.56 bits per heavy atom. The van der Waals surface area contributed by atoms with E-state index in [4.69, 9.17) is 0 Å². The van der Waals surface area contributed by atoms with E-state index in [1.165, 1.54) is 0 Å². The number of hydrogen-bond donors (Lipinski definition) is 0. The molecule has 0 bridgehead atoms. The van der Waals surface area contributed by atoms with Crippen molar-refractivity contribution < 1.29 is 12.6 Å². The number of hydrogen-bond acceptors (Lipinski definition) is 3. The molecular weight excluding hydrogens is 224 g/mol. The monoisotopic (exact) mass is 240 g/mol. The van der Waals surface area contributed by atoms with E-state index < -0.39 is 10.1 Å². The van der Waals surface area contributed by atoms with Crippen LogP contribution in [0.4, 0.5) is 0 Å². The summed E-state index contributed by atoms with van der Waals surface area (Å²) < 4.78 is 25.9. The Morgan fingerprint density at radius 1 is 1.25 bits per heavy atom. The van der Waals surface area contributed by atoms with Crippen molar-refractivity contribution in [3.05, 3.63) is 42.0 Å². The molecule has 0 saturated heterocycles. The van der Waals surface area contributed by atoms with Crippen molar-refractivity contribution in [2.75, 3.05) is 12.9 Å². The molecule has 0 unspecified atom stereocenters. The predicted octanol–water partition coefficient (Wildman–Crippen LogP) is 2.46. The van der Waals surface area contributed by atoms with E-state index in [1.54, 1.807) is 0 Å². The molecule has 0 spiro atoms. The molecular formula is C12H16O3S. The van der Waals surface area contributed by atoms with Crippen LogP contribution in [-0.4, -0.2) is 21.3 Å². The maximum absolute atomic E-state index is 10.6. The molecule has 0 fully saturated rings. The minimum absolute atomic E-state index is 0.248. The molecule has 0 aliphatic carbocycles. The lowest BCUT2D eigenvalue weighted by Crippen LogP contribution is -2.03. The largest absolute Gasteiger partial charge is 0.270 e. The standard InChI is InChI=1S/C12H16O3S/c1-16(13,14)15-11-7-3-6-10-12-8-4-2-5-9-12/h2,4-6,8-10H,3,7,11H2,1H3. The average molecular weight is 240 g/mol. The molecule has 1 rings (SSSR count). The summed E-state index contributed by atoms with van der Waals surface area (Å²) in [5, 5.41) is 0. The van der Waals surface area contributed by atoms with E-state index in [1.807, 2.05) is 42.5 Å². The lowest BCUT2D eigenvalue weighted by molar-refractivity contribution is 0.317.